The Hall–Kier alpha value is -3.42. The van der Waals surface area contributed by atoms with E-state index < -0.39 is 0 Å². The van der Waals surface area contributed by atoms with Gasteiger partial charge in [0.15, 0.2) is 36.2 Å². The normalized spacial score (nSPS) is 13.9. The van der Waals surface area contributed by atoms with Crippen LogP contribution in [-0.4, -0.2) is 75.2 Å². The van der Waals surface area contributed by atoms with Gasteiger partial charge in [0.1, 0.15) is 0 Å². The number of ether oxygens (including phenoxy) is 4. The van der Waals surface area contributed by atoms with Gasteiger partial charge in [-0.2, -0.15) is 0 Å². The summed E-state index contributed by atoms with van der Waals surface area (Å²) in [6, 6.07) is 14.4. The maximum atomic E-state index is 12.6. The molecule has 8 nitrogen and oxygen atoms in total. The Morgan fingerprint density at radius 1 is 0.677 bits per heavy atom. The van der Waals surface area contributed by atoms with Gasteiger partial charge in [-0.05, 0) is 30.7 Å². The molecular formula is C23H28N2O6. The van der Waals surface area contributed by atoms with Crippen molar-refractivity contribution in [2.75, 3.05) is 53.6 Å². The molecule has 1 fully saturated rings. The van der Waals surface area contributed by atoms with E-state index in [4.69, 9.17) is 18.9 Å². The second-order valence-electron chi connectivity index (χ2n) is 6.99. The molecule has 3 rings (SSSR count). The van der Waals surface area contributed by atoms with Crippen molar-refractivity contribution in [1.82, 2.24) is 9.80 Å². The number of carbonyl (C=O) groups is 2. The average molecular weight is 428 g/mol. The number of amides is 2. The first kappa shape index (κ1) is 22.3. The third kappa shape index (κ3) is 6.04. The minimum absolute atomic E-state index is 0.0781. The predicted octanol–water partition coefficient (Wildman–Crippen LogP) is 2.22. The Kier molecular flexibility index (Phi) is 7.98. The van der Waals surface area contributed by atoms with E-state index in [9.17, 15) is 9.59 Å². The molecule has 31 heavy (non-hydrogen) atoms. The monoisotopic (exact) mass is 428 g/mol. The van der Waals surface area contributed by atoms with Crippen molar-refractivity contribution in [1.29, 1.82) is 0 Å². The summed E-state index contributed by atoms with van der Waals surface area (Å²) in [5.41, 5.74) is 0. The van der Waals surface area contributed by atoms with E-state index in [2.05, 4.69) is 0 Å². The van der Waals surface area contributed by atoms with E-state index in [-0.39, 0.29) is 25.0 Å². The van der Waals surface area contributed by atoms with Crippen LogP contribution in [-0.2, 0) is 9.59 Å². The van der Waals surface area contributed by atoms with Crippen molar-refractivity contribution in [3.63, 3.8) is 0 Å². The van der Waals surface area contributed by atoms with E-state index in [1.165, 1.54) is 0 Å². The molecule has 2 amide bonds. The fourth-order valence-corrected chi connectivity index (χ4v) is 3.35. The van der Waals surface area contributed by atoms with Crippen LogP contribution in [0.15, 0.2) is 48.5 Å². The highest BCUT2D eigenvalue weighted by Crippen LogP contribution is 2.26. The highest BCUT2D eigenvalue weighted by molar-refractivity contribution is 5.79. The van der Waals surface area contributed by atoms with Crippen LogP contribution in [0.5, 0.6) is 23.0 Å². The molecule has 166 valence electrons. The molecule has 0 unspecified atom stereocenters. The summed E-state index contributed by atoms with van der Waals surface area (Å²) in [6.45, 7) is 1.90. The van der Waals surface area contributed by atoms with Gasteiger partial charge in [-0.3, -0.25) is 9.59 Å². The number of benzene rings is 2. The Labute approximate surface area is 182 Å². The van der Waals surface area contributed by atoms with Gasteiger partial charge in [-0.25, -0.2) is 0 Å². The molecule has 0 aromatic heterocycles. The second-order valence-corrected chi connectivity index (χ2v) is 6.99. The van der Waals surface area contributed by atoms with Crippen molar-refractivity contribution < 1.29 is 28.5 Å². The minimum Gasteiger partial charge on any atom is -0.493 e. The first-order valence-electron chi connectivity index (χ1n) is 10.2. The van der Waals surface area contributed by atoms with Crippen LogP contribution in [0.3, 0.4) is 0 Å². The molecule has 1 saturated heterocycles. The van der Waals surface area contributed by atoms with E-state index in [0.717, 1.165) is 0 Å². The molecule has 0 N–H and O–H groups in total. The molecule has 2 aromatic carbocycles. The lowest BCUT2D eigenvalue weighted by Gasteiger charge is -2.22. The summed E-state index contributed by atoms with van der Waals surface area (Å²) >= 11 is 0. The lowest BCUT2D eigenvalue weighted by molar-refractivity contribution is -0.135. The second kappa shape index (κ2) is 11.1. The molecular weight excluding hydrogens is 400 g/mol. The topological polar surface area (TPSA) is 77.5 Å². The third-order valence-electron chi connectivity index (χ3n) is 5.04. The highest BCUT2D eigenvalue weighted by atomic mass is 16.5. The lowest BCUT2D eigenvalue weighted by atomic mass is 10.3. The molecule has 0 radical (unpaired) electrons. The quantitative estimate of drug-likeness (QED) is 0.642. The molecule has 0 atom stereocenters. The minimum atomic E-state index is -0.120. The Balaban J connectivity index is 1.48. The molecule has 1 heterocycles. The zero-order valence-corrected chi connectivity index (χ0v) is 17.9. The number of nitrogens with zero attached hydrogens (tertiary/aromatic N) is 2. The van der Waals surface area contributed by atoms with Gasteiger partial charge in [-0.15, -0.1) is 0 Å². The first-order chi connectivity index (χ1) is 15.1. The van der Waals surface area contributed by atoms with Gasteiger partial charge in [0.25, 0.3) is 11.8 Å². The van der Waals surface area contributed by atoms with Crippen LogP contribution in [0.25, 0.3) is 0 Å². The number of carbonyl (C=O) groups excluding carboxylic acids is 2. The SMILES string of the molecule is COc1ccccc1OCC(=O)N1CCCN(C(=O)COc2ccccc2OC)CC1. The summed E-state index contributed by atoms with van der Waals surface area (Å²) in [6.07, 6.45) is 0.695. The average Bonchev–Trinajstić information content (AvgIpc) is 3.08. The number of methoxy groups -OCH3 is 2. The van der Waals surface area contributed by atoms with Crippen molar-refractivity contribution in [2.24, 2.45) is 0 Å². The van der Waals surface area contributed by atoms with E-state index >= 15 is 0 Å². The summed E-state index contributed by atoms with van der Waals surface area (Å²) in [5, 5.41) is 0. The number of hydrogen-bond donors (Lipinski definition) is 0. The molecule has 0 bridgehead atoms. The third-order valence-corrected chi connectivity index (χ3v) is 5.04. The molecule has 0 aliphatic carbocycles. The highest BCUT2D eigenvalue weighted by Gasteiger charge is 2.23. The summed E-state index contributed by atoms with van der Waals surface area (Å²) in [4.78, 5) is 28.7. The van der Waals surface area contributed by atoms with Crippen LogP contribution in [0.1, 0.15) is 6.42 Å². The maximum absolute atomic E-state index is 12.6. The van der Waals surface area contributed by atoms with Crippen LogP contribution in [0.4, 0.5) is 0 Å². The fraction of sp³-hybridized carbons (Fsp3) is 0.391. The van der Waals surface area contributed by atoms with Gasteiger partial charge in [0.2, 0.25) is 0 Å². The molecule has 0 saturated carbocycles. The lowest BCUT2D eigenvalue weighted by Crippen LogP contribution is -2.40. The molecule has 2 aromatic rings. The Bertz CT molecular complexity index is 816. The van der Waals surface area contributed by atoms with Crippen LogP contribution < -0.4 is 18.9 Å². The number of rotatable bonds is 8. The first-order valence-corrected chi connectivity index (χ1v) is 10.2. The summed E-state index contributed by atoms with van der Waals surface area (Å²) in [5.74, 6) is 1.98. The van der Waals surface area contributed by atoms with Crippen molar-refractivity contribution in [3.05, 3.63) is 48.5 Å². The van der Waals surface area contributed by atoms with Crippen molar-refractivity contribution in [3.8, 4) is 23.0 Å². The van der Waals surface area contributed by atoms with Gasteiger partial charge < -0.3 is 28.7 Å². The molecule has 1 aliphatic heterocycles. The predicted molar refractivity (Wildman–Crippen MR) is 115 cm³/mol. The van der Waals surface area contributed by atoms with Crippen LogP contribution in [0.2, 0.25) is 0 Å². The fourth-order valence-electron chi connectivity index (χ4n) is 3.35. The van der Waals surface area contributed by atoms with Crippen molar-refractivity contribution in [2.45, 2.75) is 6.42 Å². The van der Waals surface area contributed by atoms with Crippen molar-refractivity contribution >= 4 is 11.8 Å². The van der Waals surface area contributed by atoms with Gasteiger partial charge in [0, 0.05) is 26.2 Å². The summed E-state index contributed by atoms with van der Waals surface area (Å²) in [7, 11) is 3.12. The summed E-state index contributed by atoms with van der Waals surface area (Å²) < 4.78 is 21.8. The van der Waals surface area contributed by atoms with E-state index in [0.29, 0.717) is 55.6 Å². The Morgan fingerprint density at radius 3 is 1.45 bits per heavy atom. The Morgan fingerprint density at radius 2 is 1.06 bits per heavy atom. The zero-order valence-electron chi connectivity index (χ0n) is 17.9. The van der Waals surface area contributed by atoms with Crippen LogP contribution >= 0.6 is 0 Å². The van der Waals surface area contributed by atoms with Gasteiger partial charge in [-0.1, -0.05) is 24.3 Å². The largest absolute Gasteiger partial charge is 0.493 e. The van der Waals surface area contributed by atoms with E-state index in [1.807, 2.05) is 24.3 Å². The molecule has 0 spiro atoms. The molecule has 1 aliphatic rings. The zero-order chi connectivity index (χ0) is 22.1. The van der Waals surface area contributed by atoms with Gasteiger partial charge >= 0.3 is 0 Å². The van der Waals surface area contributed by atoms with Gasteiger partial charge in [0.05, 0.1) is 14.2 Å². The van der Waals surface area contributed by atoms with E-state index in [1.54, 1.807) is 48.3 Å². The standard InChI is InChI=1S/C23H28N2O6/c1-28-18-8-3-5-10-20(18)30-16-22(26)24-12-7-13-25(15-14-24)23(27)17-31-21-11-6-4-9-19(21)29-2/h3-6,8-11H,7,12-17H2,1-2H3. The number of hydrogen-bond acceptors (Lipinski definition) is 6. The number of para-hydroxylation sites is 4. The smallest absolute Gasteiger partial charge is 0.260 e. The maximum Gasteiger partial charge on any atom is 0.260 e. The molecule has 8 heteroatoms. The van der Waals surface area contributed by atoms with Crippen LogP contribution in [0, 0.1) is 0 Å².